The third-order valence-electron chi connectivity index (χ3n) is 2.91. The fourth-order valence-corrected chi connectivity index (χ4v) is 2.84. The average Bonchev–Trinajstić information content (AvgIpc) is 2.96. The van der Waals surface area contributed by atoms with Crippen molar-refractivity contribution in [2.75, 3.05) is 19.8 Å². The third kappa shape index (κ3) is 4.93. The van der Waals surface area contributed by atoms with Crippen molar-refractivity contribution in [3.63, 3.8) is 0 Å². The van der Waals surface area contributed by atoms with E-state index in [9.17, 15) is 0 Å². The predicted molar refractivity (Wildman–Crippen MR) is 87.1 cm³/mol. The van der Waals surface area contributed by atoms with Crippen LogP contribution < -0.4 is 5.32 Å². The van der Waals surface area contributed by atoms with Gasteiger partial charge in [-0.25, -0.2) is 0 Å². The van der Waals surface area contributed by atoms with Gasteiger partial charge in [0.2, 0.25) is 0 Å². The summed E-state index contributed by atoms with van der Waals surface area (Å²) in [6, 6.07) is 14.9. The van der Waals surface area contributed by atoms with Crippen LogP contribution >= 0.6 is 11.3 Å². The van der Waals surface area contributed by atoms with Gasteiger partial charge in [0.15, 0.2) is 0 Å². The molecule has 0 radical (unpaired) electrons. The van der Waals surface area contributed by atoms with Gasteiger partial charge in [-0.2, -0.15) is 0 Å². The molecule has 1 aromatic heterocycles. The van der Waals surface area contributed by atoms with E-state index in [-0.39, 0.29) is 0 Å². The van der Waals surface area contributed by atoms with Crippen molar-refractivity contribution in [1.29, 1.82) is 0 Å². The summed E-state index contributed by atoms with van der Waals surface area (Å²) in [5.41, 5.74) is 1.29. The van der Waals surface area contributed by atoms with Gasteiger partial charge in [0, 0.05) is 22.8 Å². The van der Waals surface area contributed by atoms with Crippen LogP contribution in [0.1, 0.15) is 11.3 Å². The molecule has 0 spiro atoms. The first-order valence-corrected chi connectivity index (χ1v) is 7.75. The molecular formula is C17H21NOS. The monoisotopic (exact) mass is 287 g/mol. The van der Waals surface area contributed by atoms with Gasteiger partial charge in [0.05, 0.1) is 13.2 Å². The van der Waals surface area contributed by atoms with Crippen LogP contribution in [0.25, 0.3) is 10.4 Å². The molecule has 0 amide bonds. The predicted octanol–water partition coefficient (Wildman–Crippen LogP) is 4.10. The highest BCUT2D eigenvalue weighted by molar-refractivity contribution is 7.15. The van der Waals surface area contributed by atoms with Crippen molar-refractivity contribution >= 4 is 11.3 Å². The second-order valence-corrected chi connectivity index (χ2v) is 5.67. The number of rotatable bonds is 9. The van der Waals surface area contributed by atoms with Crippen molar-refractivity contribution in [3.05, 3.63) is 60.0 Å². The maximum atomic E-state index is 5.46. The quantitative estimate of drug-likeness (QED) is 0.554. The molecule has 1 N–H and O–H groups in total. The fraction of sp³-hybridized carbons (Fsp3) is 0.294. The van der Waals surface area contributed by atoms with Gasteiger partial charge in [-0.15, -0.1) is 17.9 Å². The highest BCUT2D eigenvalue weighted by Gasteiger charge is 2.01. The van der Waals surface area contributed by atoms with Crippen molar-refractivity contribution in [2.45, 2.75) is 13.0 Å². The Balaban J connectivity index is 1.70. The number of benzene rings is 1. The summed E-state index contributed by atoms with van der Waals surface area (Å²) in [6.45, 7) is 6.98. The summed E-state index contributed by atoms with van der Waals surface area (Å²) in [7, 11) is 0. The Morgan fingerprint density at radius 1 is 1.10 bits per heavy atom. The molecule has 1 aromatic carbocycles. The SMILES string of the molecule is C=CCCOCCNCc1ccc(-c2ccccc2)s1. The number of nitrogens with one attached hydrogen (secondary N) is 1. The minimum absolute atomic E-state index is 0.755. The van der Waals surface area contributed by atoms with Crippen LogP contribution in [0.4, 0.5) is 0 Å². The van der Waals surface area contributed by atoms with E-state index < -0.39 is 0 Å². The Kier molecular flexibility index (Phi) is 6.51. The minimum Gasteiger partial charge on any atom is -0.380 e. The van der Waals surface area contributed by atoms with Crippen LogP contribution in [-0.2, 0) is 11.3 Å². The summed E-state index contributed by atoms with van der Waals surface area (Å²) in [5.74, 6) is 0. The van der Waals surface area contributed by atoms with Gasteiger partial charge in [0.1, 0.15) is 0 Å². The second kappa shape index (κ2) is 8.69. The van der Waals surface area contributed by atoms with Crippen LogP contribution in [0.3, 0.4) is 0 Å². The molecule has 106 valence electrons. The maximum Gasteiger partial charge on any atom is 0.0591 e. The van der Waals surface area contributed by atoms with E-state index in [0.717, 1.165) is 32.7 Å². The maximum absolute atomic E-state index is 5.46. The molecule has 20 heavy (non-hydrogen) atoms. The first-order valence-electron chi connectivity index (χ1n) is 6.93. The van der Waals surface area contributed by atoms with E-state index in [2.05, 4.69) is 48.3 Å². The van der Waals surface area contributed by atoms with E-state index in [4.69, 9.17) is 4.74 Å². The molecule has 0 aliphatic rings. The summed E-state index contributed by atoms with van der Waals surface area (Å²) in [4.78, 5) is 2.68. The van der Waals surface area contributed by atoms with Gasteiger partial charge < -0.3 is 10.1 Å². The van der Waals surface area contributed by atoms with Gasteiger partial charge in [-0.3, -0.25) is 0 Å². The molecule has 0 saturated heterocycles. The minimum atomic E-state index is 0.755. The molecule has 0 aliphatic carbocycles. The van der Waals surface area contributed by atoms with Crippen molar-refractivity contribution in [1.82, 2.24) is 5.32 Å². The zero-order chi connectivity index (χ0) is 14.0. The highest BCUT2D eigenvalue weighted by atomic mass is 32.1. The normalized spacial score (nSPS) is 10.6. The van der Waals surface area contributed by atoms with E-state index >= 15 is 0 Å². The summed E-state index contributed by atoms with van der Waals surface area (Å²) in [6.07, 6.45) is 2.80. The molecule has 0 aliphatic heterocycles. The lowest BCUT2D eigenvalue weighted by Crippen LogP contribution is -2.18. The molecule has 1 heterocycles. The van der Waals surface area contributed by atoms with Gasteiger partial charge >= 0.3 is 0 Å². The van der Waals surface area contributed by atoms with Crippen LogP contribution in [0.5, 0.6) is 0 Å². The Labute approximate surface area is 125 Å². The van der Waals surface area contributed by atoms with Crippen molar-refractivity contribution < 1.29 is 4.74 Å². The van der Waals surface area contributed by atoms with Gasteiger partial charge in [-0.05, 0) is 24.1 Å². The Bertz CT molecular complexity index is 507. The van der Waals surface area contributed by atoms with Crippen LogP contribution in [0.15, 0.2) is 55.1 Å². The summed E-state index contributed by atoms with van der Waals surface area (Å²) >= 11 is 1.84. The number of hydrogen-bond acceptors (Lipinski definition) is 3. The smallest absolute Gasteiger partial charge is 0.0591 e. The lowest BCUT2D eigenvalue weighted by atomic mass is 10.2. The number of thiophene rings is 1. The zero-order valence-electron chi connectivity index (χ0n) is 11.7. The number of hydrogen-bond donors (Lipinski definition) is 1. The molecule has 0 saturated carbocycles. The Hall–Kier alpha value is -1.42. The van der Waals surface area contributed by atoms with Crippen molar-refractivity contribution in [2.24, 2.45) is 0 Å². The lowest BCUT2D eigenvalue weighted by molar-refractivity contribution is 0.140. The molecule has 0 atom stereocenters. The zero-order valence-corrected chi connectivity index (χ0v) is 12.5. The first-order chi connectivity index (χ1) is 9.90. The standard InChI is InChI=1S/C17H21NOS/c1-2-3-12-19-13-11-18-14-16-9-10-17(20-16)15-7-5-4-6-8-15/h2,4-10,18H,1,3,11-14H2. The molecule has 0 bridgehead atoms. The van der Waals surface area contributed by atoms with Crippen LogP contribution in [-0.4, -0.2) is 19.8 Å². The fourth-order valence-electron chi connectivity index (χ4n) is 1.86. The van der Waals surface area contributed by atoms with E-state index in [0.29, 0.717) is 0 Å². The molecule has 2 rings (SSSR count). The molecule has 2 nitrogen and oxygen atoms in total. The topological polar surface area (TPSA) is 21.3 Å². The lowest BCUT2D eigenvalue weighted by Gasteiger charge is -2.04. The van der Waals surface area contributed by atoms with Gasteiger partial charge in [-0.1, -0.05) is 36.4 Å². The summed E-state index contributed by atoms with van der Waals surface area (Å²) in [5, 5.41) is 3.40. The van der Waals surface area contributed by atoms with Gasteiger partial charge in [0.25, 0.3) is 0 Å². The van der Waals surface area contributed by atoms with Crippen LogP contribution in [0, 0.1) is 0 Å². The first kappa shape index (κ1) is 15.0. The molecule has 0 unspecified atom stereocenters. The largest absolute Gasteiger partial charge is 0.380 e. The number of ether oxygens (including phenoxy) is 1. The van der Waals surface area contributed by atoms with Crippen LogP contribution in [0.2, 0.25) is 0 Å². The third-order valence-corrected chi connectivity index (χ3v) is 4.04. The second-order valence-electron chi connectivity index (χ2n) is 4.50. The molecular weight excluding hydrogens is 266 g/mol. The highest BCUT2D eigenvalue weighted by Crippen LogP contribution is 2.27. The van der Waals surface area contributed by atoms with Crippen molar-refractivity contribution in [3.8, 4) is 10.4 Å². The van der Waals surface area contributed by atoms with E-state index in [1.54, 1.807) is 0 Å². The molecule has 0 fully saturated rings. The van der Waals surface area contributed by atoms with E-state index in [1.165, 1.54) is 15.3 Å². The Morgan fingerprint density at radius 2 is 1.95 bits per heavy atom. The summed E-state index contributed by atoms with van der Waals surface area (Å²) < 4.78 is 5.46. The average molecular weight is 287 g/mol. The molecule has 2 aromatic rings. The Morgan fingerprint density at radius 3 is 2.75 bits per heavy atom. The van der Waals surface area contributed by atoms with E-state index in [1.807, 2.05) is 23.5 Å². The molecule has 3 heteroatoms.